The number of ether oxygens (including phenoxy) is 2. The Kier molecular flexibility index (Phi) is 5.70. The topological polar surface area (TPSA) is 55.8 Å². The summed E-state index contributed by atoms with van der Waals surface area (Å²) < 4.78 is 39.1. The van der Waals surface area contributed by atoms with E-state index >= 15 is 0 Å². The average Bonchev–Trinajstić information content (AvgIpc) is 2.47. The Morgan fingerprint density at radius 2 is 1.74 bits per heavy atom. The van der Waals surface area contributed by atoms with E-state index in [-0.39, 0.29) is 17.1 Å². The minimum absolute atomic E-state index is 0.111. The van der Waals surface area contributed by atoms with Crippen LogP contribution in [-0.2, 0) is 14.8 Å². The molecule has 1 heterocycles. The van der Waals surface area contributed by atoms with Crippen molar-refractivity contribution in [3.8, 4) is 5.75 Å². The van der Waals surface area contributed by atoms with E-state index in [0.29, 0.717) is 25.4 Å². The lowest BCUT2D eigenvalue weighted by Crippen LogP contribution is -2.48. The van der Waals surface area contributed by atoms with Crippen molar-refractivity contribution in [2.45, 2.75) is 58.1 Å². The molecule has 0 aromatic heterocycles. The van der Waals surface area contributed by atoms with E-state index in [4.69, 9.17) is 9.47 Å². The second-order valence-electron chi connectivity index (χ2n) is 6.31. The fraction of sp³-hybridized carbons (Fsp3) is 0.647. The average molecular weight is 341 g/mol. The van der Waals surface area contributed by atoms with Gasteiger partial charge in [0.2, 0.25) is 10.0 Å². The van der Waals surface area contributed by atoms with Crippen molar-refractivity contribution >= 4 is 10.0 Å². The number of aryl methyl sites for hydroxylation is 2. The SMILES string of the molecule is CCCOc1cc(C)c(C)cc1S(=O)(=O)N1C[C@@H](C)O[C@H](C)C1. The number of rotatable bonds is 5. The zero-order valence-electron chi connectivity index (χ0n) is 14.6. The molecule has 1 aromatic rings. The molecule has 130 valence electrons. The van der Waals surface area contributed by atoms with Crippen LogP contribution < -0.4 is 4.74 Å². The Hall–Kier alpha value is -1.11. The van der Waals surface area contributed by atoms with Crippen molar-refractivity contribution in [3.05, 3.63) is 23.3 Å². The Morgan fingerprint density at radius 1 is 1.17 bits per heavy atom. The van der Waals surface area contributed by atoms with Crippen LogP contribution in [0.2, 0.25) is 0 Å². The molecular weight excluding hydrogens is 314 g/mol. The molecular formula is C17H27NO4S. The van der Waals surface area contributed by atoms with E-state index in [2.05, 4.69) is 0 Å². The van der Waals surface area contributed by atoms with Gasteiger partial charge in [0.1, 0.15) is 10.6 Å². The van der Waals surface area contributed by atoms with Crippen molar-refractivity contribution in [2.75, 3.05) is 19.7 Å². The van der Waals surface area contributed by atoms with Crippen LogP contribution in [0.15, 0.2) is 17.0 Å². The number of hydrogen-bond acceptors (Lipinski definition) is 4. The molecule has 0 aliphatic carbocycles. The molecule has 0 amide bonds. The van der Waals surface area contributed by atoms with E-state index in [9.17, 15) is 8.42 Å². The fourth-order valence-electron chi connectivity index (χ4n) is 2.76. The van der Waals surface area contributed by atoms with Crippen LogP contribution in [-0.4, -0.2) is 44.6 Å². The molecule has 6 heteroatoms. The first-order valence-electron chi connectivity index (χ1n) is 8.15. The molecule has 5 nitrogen and oxygen atoms in total. The minimum atomic E-state index is -3.60. The molecule has 0 unspecified atom stereocenters. The van der Waals surface area contributed by atoms with Crippen molar-refractivity contribution in [3.63, 3.8) is 0 Å². The molecule has 1 fully saturated rings. The van der Waals surface area contributed by atoms with Gasteiger partial charge in [-0.1, -0.05) is 6.92 Å². The Bertz CT molecular complexity index is 647. The number of hydrogen-bond donors (Lipinski definition) is 0. The van der Waals surface area contributed by atoms with E-state index in [1.165, 1.54) is 4.31 Å². The van der Waals surface area contributed by atoms with Gasteiger partial charge in [0.05, 0.1) is 18.8 Å². The molecule has 1 aliphatic rings. The maximum absolute atomic E-state index is 13.1. The van der Waals surface area contributed by atoms with Gasteiger partial charge in [0.25, 0.3) is 0 Å². The van der Waals surface area contributed by atoms with Gasteiger partial charge in [-0.05, 0) is 57.4 Å². The molecule has 2 atom stereocenters. The van der Waals surface area contributed by atoms with Gasteiger partial charge < -0.3 is 9.47 Å². The summed E-state index contributed by atoms with van der Waals surface area (Å²) in [5.41, 5.74) is 1.97. The summed E-state index contributed by atoms with van der Waals surface area (Å²) in [5.74, 6) is 0.446. The summed E-state index contributed by atoms with van der Waals surface area (Å²) in [6.07, 6.45) is 0.609. The number of sulfonamides is 1. The smallest absolute Gasteiger partial charge is 0.246 e. The predicted molar refractivity (Wildman–Crippen MR) is 90.5 cm³/mol. The standard InChI is InChI=1S/C17H27NO4S/c1-6-7-21-16-8-12(2)13(3)9-17(16)23(19,20)18-10-14(4)22-15(5)11-18/h8-9,14-15H,6-7,10-11H2,1-5H3/t14-,15-/m1/s1. The summed E-state index contributed by atoms with van der Waals surface area (Å²) >= 11 is 0. The summed E-state index contributed by atoms with van der Waals surface area (Å²) in [4.78, 5) is 0.260. The molecule has 0 spiro atoms. The van der Waals surface area contributed by atoms with Crippen molar-refractivity contribution < 1.29 is 17.9 Å². The quantitative estimate of drug-likeness (QED) is 0.826. The van der Waals surface area contributed by atoms with Crippen LogP contribution in [0.1, 0.15) is 38.3 Å². The number of nitrogens with zero attached hydrogens (tertiary/aromatic N) is 1. The first-order valence-corrected chi connectivity index (χ1v) is 9.59. The van der Waals surface area contributed by atoms with E-state index < -0.39 is 10.0 Å². The van der Waals surface area contributed by atoms with Crippen molar-refractivity contribution in [1.29, 1.82) is 0 Å². The van der Waals surface area contributed by atoms with Gasteiger partial charge in [-0.2, -0.15) is 4.31 Å². The highest BCUT2D eigenvalue weighted by atomic mass is 32.2. The fourth-order valence-corrected chi connectivity index (χ4v) is 4.54. The normalized spacial score (nSPS) is 23.0. The van der Waals surface area contributed by atoms with Crippen molar-refractivity contribution in [1.82, 2.24) is 4.31 Å². The van der Waals surface area contributed by atoms with Crippen molar-refractivity contribution in [2.24, 2.45) is 0 Å². The number of benzene rings is 1. The van der Waals surface area contributed by atoms with Crippen LogP contribution >= 0.6 is 0 Å². The summed E-state index contributed by atoms with van der Waals surface area (Å²) in [6.45, 7) is 10.9. The largest absolute Gasteiger partial charge is 0.492 e. The lowest BCUT2D eigenvalue weighted by Gasteiger charge is -2.34. The van der Waals surface area contributed by atoms with Crippen LogP contribution in [0.5, 0.6) is 5.75 Å². The molecule has 2 rings (SSSR count). The molecule has 1 saturated heterocycles. The Balaban J connectivity index is 2.43. The van der Waals surface area contributed by atoms with Crippen LogP contribution in [0.4, 0.5) is 0 Å². The second kappa shape index (κ2) is 7.20. The summed E-state index contributed by atoms with van der Waals surface area (Å²) in [5, 5.41) is 0. The van der Waals surface area contributed by atoms with E-state index in [1.54, 1.807) is 6.07 Å². The molecule has 0 saturated carbocycles. The number of morpholine rings is 1. The maximum atomic E-state index is 13.1. The lowest BCUT2D eigenvalue weighted by molar-refractivity contribution is -0.0441. The van der Waals surface area contributed by atoms with Crippen LogP contribution in [0, 0.1) is 13.8 Å². The highest BCUT2D eigenvalue weighted by Crippen LogP contribution is 2.31. The van der Waals surface area contributed by atoms with Gasteiger partial charge in [0.15, 0.2) is 0 Å². The zero-order chi connectivity index (χ0) is 17.2. The van der Waals surface area contributed by atoms with Crippen LogP contribution in [0.25, 0.3) is 0 Å². The molecule has 1 aliphatic heterocycles. The highest BCUT2D eigenvalue weighted by Gasteiger charge is 2.34. The maximum Gasteiger partial charge on any atom is 0.246 e. The molecule has 0 N–H and O–H groups in total. The Labute approximate surface area is 139 Å². The van der Waals surface area contributed by atoms with Gasteiger partial charge in [0, 0.05) is 13.1 Å². The molecule has 1 aromatic carbocycles. The first-order chi connectivity index (χ1) is 10.8. The third-order valence-electron chi connectivity index (χ3n) is 4.03. The Morgan fingerprint density at radius 3 is 2.30 bits per heavy atom. The zero-order valence-corrected chi connectivity index (χ0v) is 15.4. The summed E-state index contributed by atoms with van der Waals surface area (Å²) in [6, 6.07) is 3.55. The first kappa shape index (κ1) is 18.2. The van der Waals surface area contributed by atoms with Gasteiger partial charge in [-0.15, -0.1) is 0 Å². The molecule has 0 bridgehead atoms. The van der Waals surface area contributed by atoms with Gasteiger partial charge >= 0.3 is 0 Å². The summed E-state index contributed by atoms with van der Waals surface area (Å²) in [7, 11) is -3.60. The van der Waals surface area contributed by atoms with Gasteiger partial charge in [-0.25, -0.2) is 8.42 Å². The third-order valence-corrected chi connectivity index (χ3v) is 5.88. The van der Waals surface area contributed by atoms with Crippen LogP contribution in [0.3, 0.4) is 0 Å². The highest BCUT2D eigenvalue weighted by molar-refractivity contribution is 7.89. The molecule has 0 radical (unpaired) electrons. The third kappa shape index (κ3) is 4.05. The lowest BCUT2D eigenvalue weighted by atomic mass is 10.1. The van der Waals surface area contributed by atoms with Gasteiger partial charge in [-0.3, -0.25) is 0 Å². The van der Waals surface area contributed by atoms with E-state index in [0.717, 1.165) is 17.5 Å². The minimum Gasteiger partial charge on any atom is -0.492 e. The molecule has 23 heavy (non-hydrogen) atoms. The second-order valence-corrected chi connectivity index (χ2v) is 8.22. The van der Waals surface area contributed by atoms with E-state index in [1.807, 2.05) is 40.7 Å². The monoisotopic (exact) mass is 341 g/mol. The predicted octanol–water partition coefficient (Wildman–Crippen LogP) is 2.89.